The fourth-order valence-corrected chi connectivity index (χ4v) is 3.35. The van der Waals surface area contributed by atoms with Crippen molar-refractivity contribution in [2.75, 3.05) is 13.1 Å². The van der Waals surface area contributed by atoms with Crippen LogP contribution < -0.4 is 10.0 Å². The molecule has 1 unspecified atom stereocenters. The van der Waals surface area contributed by atoms with Crippen LogP contribution in [-0.4, -0.2) is 27.5 Å². The first-order valence-corrected chi connectivity index (χ1v) is 7.41. The molecule has 2 N–H and O–H groups in total. The lowest BCUT2D eigenvalue weighted by Crippen LogP contribution is -2.36. The molecule has 2 rings (SSSR count). The van der Waals surface area contributed by atoms with E-state index in [1.54, 1.807) is 0 Å². The molecule has 1 aliphatic heterocycles. The summed E-state index contributed by atoms with van der Waals surface area (Å²) in [4.78, 5) is 0.138. The molecule has 1 fully saturated rings. The van der Waals surface area contributed by atoms with Crippen LogP contribution in [0.5, 0.6) is 0 Å². The second-order valence-corrected chi connectivity index (χ2v) is 6.42. The fraction of sp³-hybridized carbons (Fsp3) is 0.400. The molecular weight excluding hydrogens is 319 g/mol. The molecule has 1 aromatic carbocycles. The number of hydrogen-bond donors (Lipinski definition) is 2. The Morgan fingerprint density at radius 1 is 1.28 bits per heavy atom. The first-order valence-electron chi connectivity index (χ1n) is 5.17. The molecule has 8 heteroatoms. The third kappa shape index (κ3) is 3.73. The van der Waals surface area contributed by atoms with Crippen molar-refractivity contribution < 1.29 is 8.42 Å². The molecule has 4 nitrogen and oxygen atoms in total. The molecular formula is C10H13Cl3N2O2S. The van der Waals surface area contributed by atoms with Gasteiger partial charge in [0.05, 0.1) is 14.9 Å². The van der Waals surface area contributed by atoms with E-state index >= 15 is 0 Å². The van der Waals surface area contributed by atoms with Crippen molar-refractivity contribution in [2.45, 2.75) is 17.4 Å². The van der Waals surface area contributed by atoms with Gasteiger partial charge in [0.15, 0.2) is 0 Å². The van der Waals surface area contributed by atoms with Crippen LogP contribution in [0.4, 0.5) is 0 Å². The fourth-order valence-electron chi connectivity index (χ4n) is 1.69. The minimum atomic E-state index is -3.52. The highest BCUT2D eigenvalue weighted by Crippen LogP contribution is 2.24. The topological polar surface area (TPSA) is 58.2 Å². The van der Waals surface area contributed by atoms with Gasteiger partial charge in [-0.2, -0.15) is 0 Å². The maximum absolute atomic E-state index is 12.0. The Morgan fingerprint density at radius 2 is 2.00 bits per heavy atom. The standard InChI is InChI=1S/C10H12Cl2N2O2S.ClH/c11-9-2-1-8(5-10(9)12)17(15,16)14-7-3-4-13-6-7;/h1-2,5,7,13-14H,3-4,6H2;1H. The first kappa shape index (κ1) is 16.0. The zero-order chi connectivity index (χ0) is 12.5. The maximum atomic E-state index is 12.0. The van der Waals surface area contributed by atoms with Crippen LogP contribution in [0.15, 0.2) is 23.1 Å². The van der Waals surface area contributed by atoms with Crippen LogP contribution >= 0.6 is 35.6 Å². The first-order chi connectivity index (χ1) is 7.99. The van der Waals surface area contributed by atoms with Crippen LogP contribution in [-0.2, 0) is 10.0 Å². The van der Waals surface area contributed by atoms with Crippen molar-refractivity contribution in [1.29, 1.82) is 0 Å². The Morgan fingerprint density at radius 3 is 2.56 bits per heavy atom. The van der Waals surface area contributed by atoms with E-state index in [4.69, 9.17) is 23.2 Å². The van der Waals surface area contributed by atoms with Gasteiger partial charge in [-0.3, -0.25) is 0 Å². The van der Waals surface area contributed by atoms with E-state index in [9.17, 15) is 8.42 Å². The molecule has 0 bridgehead atoms. The summed E-state index contributed by atoms with van der Waals surface area (Å²) < 4.78 is 26.6. The molecule has 0 aromatic heterocycles. The summed E-state index contributed by atoms with van der Waals surface area (Å²) in [6, 6.07) is 4.22. The van der Waals surface area contributed by atoms with E-state index in [0.717, 1.165) is 13.0 Å². The minimum absolute atomic E-state index is 0. The SMILES string of the molecule is Cl.O=S(=O)(NC1CCNC1)c1ccc(Cl)c(Cl)c1. The van der Waals surface area contributed by atoms with Crippen LogP contribution in [0.3, 0.4) is 0 Å². The second kappa shape index (κ2) is 6.41. The van der Waals surface area contributed by atoms with Crippen LogP contribution in [0.1, 0.15) is 6.42 Å². The smallest absolute Gasteiger partial charge is 0.240 e. The minimum Gasteiger partial charge on any atom is -0.315 e. The third-order valence-electron chi connectivity index (χ3n) is 2.58. The quantitative estimate of drug-likeness (QED) is 0.891. The Balaban J connectivity index is 0.00000162. The predicted octanol–water partition coefficient (Wildman–Crippen LogP) is 2.06. The lowest BCUT2D eigenvalue weighted by molar-refractivity contribution is 0.560. The van der Waals surface area contributed by atoms with Crippen LogP contribution in [0.2, 0.25) is 10.0 Å². The molecule has 102 valence electrons. The Kier molecular flexibility index (Phi) is 5.70. The van der Waals surface area contributed by atoms with E-state index in [1.165, 1.54) is 18.2 Å². The molecule has 1 aliphatic rings. The molecule has 0 saturated carbocycles. The Labute approximate surface area is 123 Å². The van der Waals surface area contributed by atoms with Crippen molar-refractivity contribution in [3.8, 4) is 0 Å². The average molecular weight is 332 g/mol. The number of nitrogens with one attached hydrogen (secondary N) is 2. The summed E-state index contributed by atoms with van der Waals surface area (Å²) in [5.41, 5.74) is 0. The predicted molar refractivity (Wildman–Crippen MR) is 75.3 cm³/mol. The number of hydrogen-bond acceptors (Lipinski definition) is 3. The third-order valence-corrected chi connectivity index (χ3v) is 4.84. The van der Waals surface area contributed by atoms with Gasteiger partial charge in [0.25, 0.3) is 0 Å². The average Bonchev–Trinajstić information content (AvgIpc) is 2.73. The zero-order valence-corrected chi connectivity index (χ0v) is 12.5. The van der Waals surface area contributed by atoms with Crippen molar-refractivity contribution in [1.82, 2.24) is 10.0 Å². The van der Waals surface area contributed by atoms with E-state index in [0.29, 0.717) is 11.6 Å². The van der Waals surface area contributed by atoms with Gasteiger partial charge in [-0.1, -0.05) is 23.2 Å². The number of halogens is 3. The summed E-state index contributed by atoms with van der Waals surface area (Å²) in [6.07, 6.45) is 0.792. The van der Waals surface area contributed by atoms with Crippen LogP contribution in [0.25, 0.3) is 0 Å². The number of sulfonamides is 1. The van der Waals surface area contributed by atoms with E-state index in [1.807, 2.05) is 0 Å². The van der Waals surface area contributed by atoms with Gasteiger partial charge in [0.2, 0.25) is 10.0 Å². The number of benzene rings is 1. The highest BCUT2D eigenvalue weighted by molar-refractivity contribution is 7.89. The van der Waals surface area contributed by atoms with Gasteiger partial charge < -0.3 is 5.32 Å². The lowest BCUT2D eigenvalue weighted by Gasteiger charge is -2.12. The monoisotopic (exact) mass is 330 g/mol. The van der Waals surface area contributed by atoms with Gasteiger partial charge in [-0.25, -0.2) is 13.1 Å². The molecule has 1 saturated heterocycles. The van der Waals surface area contributed by atoms with Crippen molar-refractivity contribution in [2.24, 2.45) is 0 Å². The van der Waals surface area contributed by atoms with Gasteiger partial charge in [-0.05, 0) is 31.2 Å². The Hall–Kier alpha value is -0.0400. The van der Waals surface area contributed by atoms with E-state index in [2.05, 4.69) is 10.0 Å². The molecule has 1 heterocycles. The lowest BCUT2D eigenvalue weighted by atomic mass is 10.3. The molecule has 18 heavy (non-hydrogen) atoms. The summed E-state index contributed by atoms with van der Waals surface area (Å²) in [7, 11) is -3.52. The number of rotatable bonds is 3. The van der Waals surface area contributed by atoms with E-state index in [-0.39, 0.29) is 28.4 Å². The summed E-state index contributed by atoms with van der Waals surface area (Å²) >= 11 is 11.5. The molecule has 0 spiro atoms. The second-order valence-electron chi connectivity index (χ2n) is 3.89. The molecule has 1 atom stereocenters. The van der Waals surface area contributed by atoms with Gasteiger partial charge in [0.1, 0.15) is 0 Å². The normalized spacial score (nSPS) is 19.6. The van der Waals surface area contributed by atoms with Gasteiger partial charge >= 0.3 is 0 Å². The van der Waals surface area contributed by atoms with Crippen LogP contribution in [0, 0.1) is 0 Å². The largest absolute Gasteiger partial charge is 0.315 e. The molecule has 1 aromatic rings. The maximum Gasteiger partial charge on any atom is 0.240 e. The van der Waals surface area contributed by atoms with Crippen molar-refractivity contribution in [3.05, 3.63) is 28.2 Å². The molecule has 0 radical (unpaired) electrons. The zero-order valence-electron chi connectivity index (χ0n) is 9.32. The summed E-state index contributed by atoms with van der Waals surface area (Å²) in [5.74, 6) is 0. The Bertz CT molecular complexity index is 516. The van der Waals surface area contributed by atoms with Gasteiger partial charge in [0, 0.05) is 12.6 Å². The molecule has 0 amide bonds. The van der Waals surface area contributed by atoms with E-state index < -0.39 is 10.0 Å². The summed E-state index contributed by atoms with van der Waals surface area (Å²) in [6.45, 7) is 1.48. The summed E-state index contributed by atoms with van der Waals surface area (Å²) in [5, 5.41) is 3.67. The van der Waals surface area contributed by atoms with Crippen molar-refractivity contribution in [3.63, 3.8) is 0 Å². The highest BCUT2D eigenvalue weighted by Gasteiger charge is 2.23. The van der Waals surface area contributed by atoms with Gasteiger partial charge in [-0.15, -0.1) is 12.4 Å². The van der Waals surface area contributed by atoms with Crippen molar-refractivity contribution >= 4 is 45.6 Å². The molecule has 0 aliphatic carbocycles. The highest BCUT2D eigenvalue weighted by atomic mass is 35.5.